The van der Waals surface area contributed by atoms with Crippen LogP contribution in [0.5, 0.6) is 0 Å². The first-order chi connectivity index (χ1) is 3.29. The van der Waals surface area contributed by atoms with Crippen molar-refractivity contribution in [2.45, 2.75) is 6.92 Å². The lowest BCUT2D eigenvalue weighted by atomic mass is 10.4. The van der Waals surface area contributed by atoms with Gasteiger partial charge in [-0.2, -0.15) is 0 Å². The van der Waals surface area contributed by atoms with Crippen LogP contribution in [0.4, 0.5) is 0 Å². The maximum atomic E-state index is 10.2. The molecule has 0 bridgehead atoms. The number of nitrogens with zero attached hydrogens (tertiary/aromatic N) is 1. The molecule has 0 saturated carbocycles. The zero-order valence-corrected chi connectivity index (χ0v) is 4.09. The van der Waals surface area contributed by atoms with E-state index in [2.05, 4.69) is 0 Å². The Morgan fingerprint density at radius 1 is 1.71 bits per heavy atom. The molecular formula is C5H6NO-. The molecule has 1 rings (SSSR count). The highest BCUT2D eigenvalue weighted by Crippen LogP contribution is 1.94. The van der Waals surface area contributed by atoms with E-state index in [1.807, 2.05) is 6.92 Å². The van der Waals surface area contributed by atoms with Crippen molar-refractivity contribution in [3.63, 3.8) is 0 Å². The van der Waals surface area contributed by atoms with Crippen LogP contribution in [0.25, 0.3) is 0 Å². The first-order valence-electron chi connectivity index (χ1n) is 2.11. The Bertz CT molecular complexity index is 140. The molecule has 2 heteroatoms. The summed E-state index contributed by atoms with van der Waals surface area (Å²) >= 11 is 0. The monoisotopic (exact) mass is 96.0 g/mol. The summed E-state index contributed by atoms with van der Waals surface area (Å²) in [5.74, 6) is 0. The van der Waals surface area contributed by atoms with Crippen LogP contribution in [0.15, 0.2) is 18.5 Å². The van der Waals surface area contributed by atoms with Gasteiger partial charge in [-0.05, 0) is 24.8 Å². The van der Waals surface area contributed by atoms with E-state index >= 15 is 0 Å². The predicted molar refractivity (Wildman–Crippen MR) is 27.9 cm³/mol. The molecule has 0 spiro atoms. The van der Waals surface area contributed by atoms with Crippen LogP contribution >= 0.6 is 0 Å². The van der Waals surface area contributed by atoms with Crippen molar-refractivity contribution in [3.05, 3.63) is 29.2 Å². The molecule has 0 aliphatic rings. The summed E-state index contributed by atoms with van der Waals surface area (Å²) < 4.78 is 0.787. The summed E-state index contributed by atoms with van der Waals surface area (Å²) in [7, 11) is 0. The van der Waals surface area contributed by atoms with Crippen molar-refractivity contribution >= 4 is 0 Å². The highest BCUT2D eigenvalue weighted by Gasteiger charge is 1.76. The molecule has 1 heterocycles. The maximum absolute atomic E-state index is 10.2. The molecule has 0 aliphatic carbocycles. The third kappa shape index (κ3) is 0.738. The molecule has 0 radical (unpaired) electrons. The summed E-state index contributed by atoms with van der Waals surface area (Å²) in [6, 6.07) is 1.77. The van der Waals surface area contributed by atoms with Gasteiger partial charge in [-0.1, -0.05) is 0 Å². The van der Waals surface area contributed by atoms with Crippen LogP contribution in [0.2, 0.25) is 0 Å². The van der Waals surface area contributed by atoms with Crippen LogP contribution in [-0.2, 0) is 0 Å². The van der Waals surface area contributed by atoms with Crippen molar-refractivity contribution in [1.29, 1.82) is 0 Å². The van der Waals surface area contributed by atoms with E-state index in [0.29, 0.717) is 0 Å². The Labute approximate surface area is 42.0 Å². The quantitative estimate of drug-likeness (QED) is 0.476. The Balaban J connectivity index is 3.04. The van der Waals surface area contributed by atoms with Gasteiger partial charge in [0.15, 0.2) is 0 Å². The van der Waals surface area contributed by atoms with Crippen molar-refractivity contribution in [1.82, 2.24) is 4.73 Å². The molecule has 1 aromatic rings. The SMILES string of the molecule is Cc1ccn([O-])c1. The van der Waals surface area contributed by atoms with Crippen molar-refractivity contribution in [2.24, 2.45) is 0 Å². The summed E-state index contributed by atoms with van der Waals surface area (Å²) in [6.45, 7) is 1.88. The summed E-state index contributed by atoms with van der Waals surface area (Å²) in [5, 5.41) is 10.2. The molecule has 0 unspecified atom stereocenters. The summed E-state index contributed by atoms with van der Waals surface area (Å²) in [4.78, 5) is 0. The minimum Gasteiger partial charge on any atom is -0.806 e. The molecular weight excluding hydrogens is 90.1 g/mol. The largest absolute Gasteiger partial charge is 0.806 e. The van der Waals surface area contributed by atoms with E-state index in [1.165, 1.54) is 12.4 Å². The maximum Gasteiger partial charge on any atom is 0.00129 e. The van der Waals surface area contributed by atoms with E-state index in [4.69, 9.17) is 0 Å². The lowest BCUT2D eigenvalue weighted by molar-refractivity contribution is 1.10. The molecule has 0 N–H and O–H groups in total. The number of aryl methyl sites for hydroxylation is 1. The van der Waals surface area contributed by atoms with Gasteiger partial charge in [0, 0.05) is 6.20 Å². The molecule has 2 nitrogen and oxygen atoms in total. The Hall–Kier alpha value is -0.920. The van der Waals surface area contributed by atoms with Crippen LogP contribution in [0.1, 0.15) is 5.56 Å². The van der Waals surface area contributed by atoms with Crippen LogP contribution in [0.3, 0.4) is 0 Å². The van der Waals surface area contributed by atoms with Crippen molar-refractivity contribution in [3.8, 4) is 0 Å². The lowest BCUT2D eigenvalue weighted by Crippen LogP contribution is -1.73. The second-order valence-corrected chi connectivity index (χ2v) is 1.55. The minimum atomic E-state index is 0.787. The van der Waals surface area contributed by atoms with Crippen LogP contribution in [-0.4, -0.2) is 4.73 Å². The highest BCUT2D eigenvalue weighted by molar-refractivity contribution is 5.07. The van der Waals surface area contributed by atoms with Gasteiger partial charge in [0.1, 0.15) is 0 Å². The van der Waals surface area contributed by atoms with E-state index in [9.17, 15) is 5.21 Å². The van der Waals surface area contributed by atoms with Gasteiger partial charge in [-0.3, -0.25) is 0 Å². The molecule has 0 atom stereocenters. The third-order valence-corrected chi connectivity index (χ3v) is 0.815. The second-order valence-electron chi connectivity index (χ2n) is 1.55. The smallest absolute Gasteiger partial charge is 0.00129 e. The normalized spacial score (nSPS) is 9.29. The Morgan fingerprint density at radius 3 is 2.57 bits per heavy atom. The highest BCUT2D eigenvalue weighted by atomic mass is 16.5. The molecule has 0 fully saturated rings. The van der Waals surface area contributed by atoms with Crippen LogP contribution < -0.4 is 0 Å². The first-order valence-corrected chi connectivity index (χ1v) is 2.11. The third-order valence-electron chi connectivity index (χ3n) is 0.815. The zero-order valence-electron chi connectivity index (χ0n) is 4.09. The number of hydrogen-bond acceptors (Lipinski definition) is 1. The van der Waals surface area contributed by atoms with Gasteiger partial charge >= 0.3 is 0 Å². The second kappa shape index (κ2) is 1.30. The molecule has 0 amide bonds. The standard InChI is InChI=1S/C5H6NO/c1-5-2-3-6(7)4-5/h2-4H,1H3/q-1. The topological polar surface area (TPSA) is 28.0 Å². The number of aromatic nitrogens is 1. The van der Waals surface area contributed by atoms with Gasteiger partial charge in [-0.15, -0.1) is 0 Å². The summed E-state index contributed by atoms with van der Waals surface area (Å²) in [6.07, 6.45) is 3.01. The predicted octanol–water partition coefficient (Wildman–Crippen LogP) is 1.14. The van der Waals surface area contributed by atoms with Crippen molar-refractivity contribution < 1.29 is 0 Å². The number of rotatable bonds is 0. The van der Waals surface area contributed by atoms with Gasteiger partial charge in [0.25, 0.3) is 0 Å². The van der Waals surface area contributed by atoms with Crippen molar-refractivity contribution in [2.75, 3.05) is 0 Å². The van der Waals surface area contributed by atoms with E-state index in [1.54, 1.807) is 6.07 Å². The number of hydrogen-bond donors (Lipinski definition) is 0. The molecule has 1 aromatic heterocycles. The average molecular weight is 96.1 g/mol. The average Bonchev–Trinajstić information content (AvgIpc) is 1.87. The Morgan fingerprint density at radius 2 is 2.43 bits per heavy atom. The minimum absolute atomic E-state index is 0.787. The fourth-order valence-corrected chi connectivity index (χ4v) is 0.478. The summed E-state index contributed by atoms with van der Waals surface area (Å²) in [5.41, 5.74) is 1.01. The molecule has 0 aliphatic heterocycles. The van der Waals surface area contributed by atoms with E-state index in [0.717, 1.165) is 10.3 Å². The fraction of sp³-hybridized carbons (Fsp3) is 0.200. The molecule has 0 aromatic carbocycles. The molecule has 0 saturated heterocycles. The van der Waals surface area contributed by atoms with Crippen LogP contribution in [0, 0.1) is 12.1 Å². The van der Waals surface area contributed by atoms with Gasteiger partial charge < -0.3 is 9.94 Å². The van der Waals surface area contributed by atoms with Gasteiger partial charge in [-0.25, -0.2) is 0 Å². The zero-order chi connectivity index (χ0) is 5.28. The Kier molecular flexibility index (Phi) is 0.785. The van der Waals surface area contributed by atoms with E-state index < -0.39 is 0 Å². The molecule has 38 valence electrons. The first kappa shape index (κ1) is 4.24. The fourth-order valence-electron chi connectivity index (χ4n) is 0.478. The van der Waals surface area contributed by atoms with E-state index in [-0.39, 0.29) is 0 Å². The molecule has 7 heavy (non-hydrogen) atoms. The van der Waals surface area contributed by atoms with Gasteiger partial charge in [0.05, 0.1) is 0 Å². The van der Waals surface area contributed by atoms with Gasteiger partial charge in [0.2, 0.25) is 0 Å². The lowest BCUT2D eigenvalue weighted by Gasteiger charge is -2.00.